The molecule has 104 valence electrons. The van der Waals surface area contributed by atoms with Gasteiger partial charge in [-0.05, 0) is 12.8 Å². The minimum absolute atomic E-state index is 0.129. The number of aliphatic hydroxyl groups excluding tert-OH is 1. The number of hydrogen-bond donors (Lipinski definition) is 2. The molecule has 0 bridgehead atoms. The van der Waals surface area contributed by atoms with Crippen LogP contribution in [-0.2, 0) is 4.84 Å². The normalized spacial score (nSPS) is 31.9. The van der Waals surface area contributed by atoms with Gasteiger partial charge in [-0.2, -0.15) is 13.2 Å². The number of rotatable bonds is 2. The Morgan fingerprint density at radius 1 is 1.22 bits per heavy atom. The van der Waals surface area contributed by atoms with Gasteiger partial charge in [-0.3, -0.25) is 0 Å². The van der Waals surface area contributed by atoms with Crippen LogP contribution in [-0.4, -0.2) is 34.5 Å². The van der Waals surface area contributed by atoms with Crippen molar-refractivity contribution < 1.29 is 28.2 Å². The first kappa shape index (κ1) is 13.6. The SMILES string of the molecule is OCC1(C2=NO[C@@](O)(C(F)(F)F)C2)CCCCC1. The van der Waals surface area contributed by atoms with E-state index in [-0.39, 0.29) is 12.3 Å². The molecule has 1 saturated carbocycles. The summed E-state index contributed by atoms with van der Waals surface area (Å²) in [5, 5.41) is 22.3. The summed E-state index contributed by atoms with van der Waals surface area (Å²) in [6.45, 7) is -0.261. The smallest absolute Gasteiger partial charge is 0.395 e. The number of nitrogens with zero attached hydrogens (tertiary/aromatic N) is 1. The summed E-state index contributed by atoms with van der Waals surface area (Å²) in [5.74, 6) is -3.23. The summed E-state index contributed by atoms with van der Waals surface area (Å²) in [6, 6.07) is 0. The summed E-state index contributed by atoms with van der Waals surface area (Å²) in [7, 11) is 0. The van der Waals surface area contributed by atoms with Crippen LogP contribution in [0.2, 0.25) is 0 Å². The fourth-order valence-corrected chi connectivity index (χ4v) is 2.62. The van der Waals surface area contributed by atoms with Gasteiger partial charge in [-0.25, -0.2) is 0 Å². The maximum absolute atomic E-state index is 12.6. The number of hydrogen-bond acceptors (Lipinski definition) is 4. The van der Waals surface area contributed by atoms with E-state index in [0.717, 1.165) is 19.3 Å². The summed E-state index contributed by atoms with van der Waals surface area (Å²) in [5.41, 5.74) is -0.627. The summed E-state index contributed by atoms with van der Waals surface area (Å²) in [6.07, 6.45) is -1.76. The van der Waals surface area contributed by atoms with E-state index in [0.29, 0.717) is 12.8 Å². The van der Waals surface area contributed by atoms with E-state index in [1.54, 1.807) is 0 Å². The van der Waals surface area contributed by atoms with E-state index in [1.165, 1.54) is 0 Å². The van der Waals surface area contributed by atoms with Gasteiger partial charge < -0.3 is 15.1 Å². The highest BCUT2D eigenvalue weighted by Gasteiger charge is 2.62. The van der Waals surface area contributed by atoms with Crippen molar-refractivity contribution in [1.82, 2.24) is 0 Å². The van der Waals surface area contributed by atoms with Crippen molar-refractivity contribution in [3.63, 3.8) is 0 Å². The first-order valence-corrected chi connectivity index (χ1v) is 5.98. The molecule has 1 aliphatic heterocycles. The lowest BCUT2D eigenvalue weighted by Crippen LogP contribution is -2.47. The van der Waals surface area contributed by atoms with Gasteiger partial charge in [0.25, 0.3) is 0 Å². The Morgan fingerprint density at radius 3 is 2.28 bits per heavy atom. The second-order valence-electron chi connectivity index (χ2n) is 5.09. The van der Waals surface area contributed by atoms with E-state index in [9.17, 15) is 23.4 Å². The highest BCUT2D eigenvalue weighted by atomic mass is 19.4. The molecule has 0 aromatic carbocycles. The Balaban J connectivity index is 2.16. The predicted molar refractivity (Wildman–Crippen MR) is 56.7 cm³/mol. The molecule has 0 radical (unpaired) electrons. The largest absolute Gasteiger partial charge is 0.458 e. The van der Waals surface area contributed by atoms with E-state index in [4.69, 9.17) is 0 Å². The molecule has 0 amide bonds. The molecular weight excluding hydrogens is 251 g/mol. The molecule has 1 heterocycles. The highest BCUT2D eigenvalue weighted by molar-refractivity contribution is 5.91. The Hall–Kier alpha value is -0.820. The molecule has 1 aliphatic carbocycles. The van der Waals surface area contributed by atoms with Crippen molar-refractivity contribution in [3.05, 3.63) is 0 Å². The summed E-state index contributed by atoms with van der Waals surface area (Å²) < 4.78 is 37.8. The maximum Gasteiger partial charge on any atom is 0.458 e. The lowest BCUT2D eigenvalue weighted by Gasteiger charge is -2.35. The molecule has 2 aliphatic rings. The number of oxime groups is 1. The zero-order valence-electron chi connectivity index (χ0n) is 9.83. The molecule has 0 spiro atoms. The number of aliphatic hydroxyl groups is 2. The average molecular weight is 267 g/mol. The number of halogens is 3. The van der Waals surface area contributed by atoms with Crippen LogP contribution in [0.25, 0.3) is 0 Å². The fraction of sp³-hybridized carbons (Fsp3) is 0.909. The third-order valence-corrected chi connectivity index (χ3v) is 3.88. The molecule has 18 heavy (non-hydrogen) atoms. The van der Waals surface area contributed by atoms with E-state index in [1.807, 2.05) is 0 Å². The molecule has 4 nitrogen and oxygen atoms in total. The van der Waals surface area contributed by atoms with E-state index in [2.05, 4.69) is 9.99 Å². The molecule has 2 N–H and O–H groups in total. The van der Waals surface area contributed by atoms with Gasteiger partial charge in [-0.1, -0.05) is 24.4 Å². The third kappa shape index (κ3) is 2.09. The lowest BCUT2D eigenvalue weighted by atomic mass is 9.70. The molecule has 1 atom stereocenters. The molecule has 0 aromatic heterocycles. The van der Waals surface area contributed by atoms with Crippen LogP contribution < -0.4 is 0 Å². The lowest BCUT2D eigenvalue weighted by molar-refractivity contribution is -0.355. The molecule has 1 fully saturated rings. The van der Waals surface area contributed by atoms with E-state index >= 15 is 0 Å². The standard InChI is InChI=1S/C11H16F3NO3/c12-11(13,14)10(17)6-8(15-18-10)9(7-16)4-2-1-3-5-9/h16-17H,1-7H2/t10-/m1/s1. The van der Waals surface area contributed by atoms with Gasteiger partial charge >= 0.3 is 12.0 Å². The van der Waals surface area contributed by atoms with Crippen LogP contribution in [0.1, 0.15) is 38.5 Å². The van der Waals surface area contributed by atoms with Gasteiger partial charge in [0, 0.05) is 5.41 Å². The van der Waals surface area contributed by atoms with Gasteiger partial charge in [0.2, 0.25) is 0 Å². The Morgan fingerprint density at radius 2 is 1.83 bits per heavy atom. The minimum atomic E-state index is -4.89. The van der Waals surface area contributed by atoms with Gasteiger partial charge in [0.15, 0.2) is 0 Å². The molecule has 0 aromatic rings. The van der Waals surface area contributed by atoms with Crippen molar-refractivity contribution in [2.45, 2.75) is 50.5 Å². The highest BCUT2D eigenvalue weighted by Crippen LogP contribution is 2.45. The van der Waals surface area contributed by atoms with Crippen LogP contribution in [0, 0.1) is 5.41 Å². The Labute approximate surface area is 102 Å². The molecule has 0 unspecified atom stereocenters. The zero-order valence-corrected chi connectivity index (χ0v) is 9.83. The van der Waals surface area contributed by atoms with Gasteiger partial charge in [-0.15, -0.1) is 0 Å². The Bertz CT molecular complexity index is 350. The van der Waals surface area contributed by atoms with Crippen LogP contribution in [0.15, 0.2) is 5.16 Å². The quantitative estimate of drug-likeness (QED) is 0.804. The van der Waals surface area contributed by atoms with E-state index < -0.39 is 23.8 Å². The van der Waals surface area contributed by atoms with Crippen molar-refractivity contribution in [1.29, 1.82) is 0 Å². The zero-order chi connectivity index (χ0) is 13.4. The van der Waals surface area contributed by atoms with Crippen LogP contribution >= 0.6 is 0 Å². The van der Waals surface area contributed by atoms with Crippen molar-refractivity contribution in [2.24, 2.45) is 10.6 Å². The fourth-order valence-electron chi connectivity index (χ4n) is 2.62. The second kappa shape index (κ2) is 4.38. The first-order chi connectivity index (χ1) is 8.33. The number of alkyl halides is 3. The van der Waals surface area contributed by atoms with Gasteiger partial charge in [0.05, 0.1) is 18.7 Å². The molecule has 7 heteroatoms. The predicted octanol–water partition coefficient (Wildman–Crippen LogP) is 1.96. The second-order valence-corrected chi connectivity index (χ2v) is 5.09. The average Bonchev–Trinajstić information content (AvgIpc) is 2.74. The van der Waals surface area contributed by atoms with Crippen LogP contribution in [0.4, 0.5) is 13.2 Å². The Kier molecular flexibility index (Phi) is 3.31. The minimum Gasteiger partial charge on any atom is -0.395 e. The van der Waals surface area contributed by atoms with Crippen LogP contribution in [0.5, 0.6) is 0 Å². The maximum atomic E-state index is 12.6. The molecule has 0 saturated heterocycles. The van der Waals surface area contributed by atoms with Gasteiger partial charge in [0.1, 0.15) is 0 Å². The molecule has 2 rings (SSSR count). The molecular formula is C11H16F3NO3. The first-order valence-electron chi connectivity index (χ1n) is 5.98. The van der Waals surface area contributed by atoms with Crippen molar-refractivity contribution >= 4 is 5.71 Å². The monoisotopic (exact) mass is 267 g/mol. The van der Waals surface area contributed by atoms with Crippen LogP contribution in [0.3, 0.4) is 0 Å². The summed E-state index contributed by atoms with van der Waals surface area (Å²) in [4.78, 5) is 4.21. The van der Waals surface area contributed by atoms with Crippen molar-refractivity contribution in [2.75, 3.05) is 6.61 Å². The summed E-state index contributed by atoms with van der Waals surface area (Å²) >= 11 is 0. The third-order valence-electron chi connectivity index (χ3n) is 3.88. The van der Waals surface area contributed by atoms with Crippen molar-refractivity contribution in [3.8, 4) is 0 Å². The topological polar surface area (TPSA) is 62.1 Å².